The first-order valence-corrected chi connectivity index (χ1v) is 8.42. The zero-order valence-electron chi connectivity index (χ0n) is 16.8. The average molecular weight is 426 g/mol. The second-order valence-electron chi connectivity index (χ2n) is 5.44. The minimum Gasteiger partial charge on any atom is -0.478 e. The van der Waals surface area contributed by atoms with E-state index in [9.17, 15) is 19.2 Å². The van der Waals surface area contributed by atoms with Crippen molar-refractivity contribution in [1.29, 1.82) is 0 Å². The fourth-order valence-electron chi connectivity index (χ4n) is 1.37. The molecule has 0 aromatic heterocycles. The van der Waals surface area contributed by atoms with Crippen molar-refractivity contribution in [1.82, 2.24) is 0 Å². The lowest BCUT2D eigenvalue weighted by Gasteiger charge is -2.05. The first kappa shape index (κ1) is 28.7. The van der Waals surface area contributed by atoms with Crippen molar-refractivity contribution >= 4 is 23.9 Å². The normalized spacial score (nSPS) is 8.93. The van der Waals surface area contributed by atoms with Crippen LogP contribution in [0.2, 0.25) is 0 Å². The van der Waals surface area contributed by atoms with Gasteiger partial charge in [0.25, 0.3) is 0 Å². The van der Waals surface area contributed by atoms with Crippen LogP contribution in [0.3, 0.4) is 0 Å². The van der Waals surface area contributed by atoms with Gasteiger partial charge in [-0.1, -0.05) is 25.3 Å². The van der Waals surface area contributed by atoms with Crippen LogP contribution in [-0.2, 0) is 19.1 Å². The molecule has 1 aromatic rings. The molecule has 0 radical (unpaired) electrons. The number of ether oxygens (including phenoxy) is 2. The summed E-state index contributed by atoms with van der Waals surface area (Å²) in [6, 6.07) is 5.48. The van der Waals surface area contributed by atoms with Crippen LogP contribution >= 0.6 is 0 Å². The molecule has 1 rings (SSSR count). The van der Waals surface area contributed by atoms with Gasteiger partial charge in [-0.3, -0.25) is 0 Å². The Bertz CT molecular complexity index is 689. The highest BCUT2D eigenvalue weighted by molar-refractivity contribution is 6.01. The van der Waals surface area contributed by atoms with E-state index < -0.39 is 23.9 Å². The minimum absolute atomic E-state index is 0.0325. The van der Waals surface area contributed by atoms with Crippen molar-refractivity contribution < 1.29 is 49.1 Å². The van der Waals surface area contributed by atoms with Crippen LogP contribution in [0.1, 0.15) is 34.6 Å². The summed E-state index contributed by atoms with van der Waals surface area (Å²) in [7, 11) is 0. The first-order valence-electron chi connectivity index (χ1n) is 8.42. The molecule has 0 unspecified atom stereocenters. The lowest BCUT2D eigenvalue weighted by molar-refractivity contribution is -0.147. The molecule has 0 saturated carbocycles. The van der Waals surface area contributed by atoms with E-state index in [2.05, 4.69) is 22.6 Å². The quantitative estimate of drug-likeness (QED) is 0.270. The van der Waals surface area contributed by atoms with Crippen LogP contribution in [0.4, 0.5) is 0 Å². The summed E-state index contributed by atoms with van der Waals surface area (Å²) in [4.78, 5) is 42.6. The highest BCUT2D eigenvalue weighted by Gasteiger charge is 2.13. The Hall–Kier alpha value is -3.50. The van der Waals surface area contributed by atoms with Crippen molar-refractivity contribution in [2.45, 2.75) is 13.8 Å². The van der Waals surface area contributed by atoms with E-state index in [4.69, 9.17) is 20.4 Å². The van der Waals surface area contributed by atoms with Crippen LogP contribution in [0, 0.1) is 0 Å². The fraction of sp³-hybridized carbons (Fsp3) is 0.300. The predicted octanol–water partition coefficient (Wildman–Crippen LogP) is 1.28. The smallest absolute Gasteiger partial charge is 0.336 e. The molecule has 0 heterocycles. The number of esters is 2. The van der Waals surface area contributed by atoms with Crippen LogP contribution in [0.15, 0.2) is 48.6 Å². The van der Waals surface area contributed by atoms with E-state index in [1.807, 2.05) is 0 Å². The molecule has 0 saturated heterocycles. The molecule has 0 aliphatic carbocycles. The van der Waals surface area contributed by atoms with Gasteiger partial charge in [-0.2, -0.15) is 0 Å². The summed E-state index contributed by atoms with van der Waals surface area (Å²) in [5.41, 5.74) is 0.252. The number of hydrogen-bond donors (Lipinski definition) is 4. The van der Waals surface area contributed by atoms with Crippen molar-refractivity contribution in [3.63, 3.8) is 0 Å². The molecule has 1 aromatic carbocycles. The highest BCUT2D eigenvalue weighted by Crippen LogP contribution is 2.07. The highest BCUT2D eigenvalue weighted by atomic mass is 16.6. The molecule has 10 nitrogen and oxygen atoms in total. The number of benzene rings is 1. The number of carboxylic acid groups (broad SMARTS) is 2. The van der Waals surface area contributed by atoms with Crippen LogP contribution < -0.4 is 0 Å². The summed E-state index contributed by atoms with van der Waals surface area (Å²) in [6.45, 7) is 9.70. The first-order chi connectivity index (χ1) is 14.0. The van der Waals surface area contributed by atoms with Crippen molar-refractivity contribution in [3.8, 4) is 0 Å². The molecule has 0 aliphatic heterocycles. The number of aliphatic hydroxyl groups is 2. The maximum atomic E-state index is 10.8. The zero-order valence-corrected chi connectivity index (χ0v) is 16.8. The Balaban J connectivity index is 0. The second-order valence-corrected chi connectivity index (χ2v) is 5.44. The number of rotatable bonds is 8. The van der Waals surface area contributed by atoms with Gasteiger partial charge in [0.2, 0.25) is 0 Å². The molecule has 4 N–H and O–H groups in total. The topological polar surface area (TPSA) is 168 Å². The summed E-state index contributed by atoms with van der Waals surface area (Å²) in [5, 5.41) is 32.4. The van der Waals surface area contributed by atoms with E-state index in [0.29, 0.717) is 11.1 Å². The van der Waals surface area contributed by atoms with Crippen molar-refractivity contribution in [3.05, 3.63) is 59.7 Å². The Morgan fingerprint density at radius 2 is 1.07 bits per heavy atom. The lowest BCUT2D eigenvalue weighted by atomic mass is 10.1. The third-order valence-corrected chi connectivity index (χ3v) is 2.73. The van der Waals surface area contributed by atoms with Gasteiger partial charge in [-0.05, 0) is 26.0 Å². The summed E-state index contributed by atoms with van der Waals surface area (Å²) >= 11 is 0. The van der Waals surface area contributed by atoms with Gasteiger partial charge >= 0.3 is 23.9 Å². The van der Waals surface area contributed by atoms with Gasteiger partial charge in [0.1, 0.15) is 13.2 Å². The second kappa shape index (κ2) is 16.5. The van der Waals surface area contributed by atoms with Gasteiger partial charge in [0.15, 0.2) is 0 Å². The molecule has 0 fully saturated rings. The van der Waals surface area contributed by atoms with E-state index in [-0.39, 0.29) is 37.6 Å². The van der Waals surface area contributed by atoms with Crippen LogP contribution in [-0.4, -0.2) is 70.7 Å². The fourth-order valence-corrected chi connectivity index (χ4v) is 1.37. The average Bonchev–Trinajstić information content (AvgIpc) is 2.71. The van der Waals surface area contributed by atoms with Gasteiger partial charge < -0.3 is 29.9 Å². The number of aromatic carboxylic acids is 2. The molecule has 0 atom stereocenters. The molecule has 30 heavy (non-hydrogen) atoms. The summed E-state index contributed by atoms with van der Waals surface area (Å²) in [5.74, 6) is -3.44. The van der Waals surface area contributed by atoms with E-state index in [0.717, 1.165) is 0 Å². The molecule has 166 valence electrons. The van der Waals surface area contributed by atoms with Gasteiger partial charge in [-0.25, -0.2) is 19.2 Å². The third-order valence-electron chi connectivity index (χ3n) is 2.73. The Morgan fingerprint density at radius 3 is 1.27 bits per heavy atom. The number of carbonyl (C=O) groups excluding carboxylic acids is 2. The monoisotopic (exact) mass is 426 g/mol. The van der Waals surface area contributed by atoms with Gasteiger partial charge in [0, 0.05) is 11.1 Å². The standard InChI is InChI=1S/C10H14O4.C8H6O4.C2H6O2/c1-7(2)9(11)13-5-6-14-10(12)8(3)4;9-7(10)5-3-1-2-4-6(5)8(11)12;3-1-2-4/h1,3,5-6H2,2,4H3;1-4H,(H,9,10)(H,11,12);3-4H,1-2H2. The summed E-state index contributed by atoms with van der Waals surface area (Å²) in [6.07, 6.45) is 0. The van der Waals surface area contributed by atoms with Crippen LogP contribution in [0.25, 0.3) is 0 Å². The third kappa shape index (κ3) is 13.6. The zero-order chi connectivity index (χ0) is 23.7. The number of carboxylic acids is 2. The molecule has 0 bridgehead atoms. The number of carbonyl (C=O) groups is 4. The number of hydrogen-bond acceptors (Lipinski definition) is 8. The SMILES string of the molecule is C=C(C)C(=O)OCCOC(=O)C(=C)C.O=C(O)c1ccccc1C(=O)O.OCCO. The summed E-state index contributed by atoms with van der Waals surface area (Å²) < 4.78 is 9.38. The maximum Gasteiger partial charge on any atom is 0.336 e. The van der Waals surface area contributed by atoms with Gasteiger partial charge in [-0.15, -0.1) is 0 Å². The largest absolute Gasteiger partial charge is 0.478 e. The molecule has 0 amide bonds. The van der Waals surface area contributed by atoms with E-state index in [1.54, 1.807) is 13.8 Å². The minimum atomic E-state index is -1.23. The predicted molar refractivity (Wildman–Crippen MR) is 106 cm³/mol. The Labute approximate surface area is 173 Å². The molecule has 0 spiro atoms. The Morgan fingerprint density at radius 1 is 0.767 bits per heavy atom. The lowest BCUT2D eigenvalue weighted by Crippen LogP contribution is -2.14. The molecular weight excluding hydrogens is 400 g/mol. The van der Waals surface area contributed by atoms with Crippen molar-refractivity contribution in [2.75, 3.05) is 26.4 Å². The van der Waals surface area contributed by atoms with Crippen LogP contribution in [0.5, 0.6) is 0 Å². The molecule has 10 heteroatoms. The Kier molecular flexibility index (Phi) is 15.7. The molecule has 0 aliphatic rings. The number of aliphatic hydroxyl groups excluding tert-OH is 2. The maximum absolute atomic E-state index is 10.8. The van der Waals surface area contributed by atoms with Crippen molar-refractivity contribution in [2.24, 2.45) is 0 Å². The van der Waals surface area contributed by atoms with Gasteiger partial charge in [0.05, 0.1) is 24.3 Å². The molecular formula is C20H26O10. The van der Waals surface area contributed by atoms with E-state index in [1.165, 1.54) is 24.3 Å². The van der Waals surface area contributed by atoms with E-state index >= 15 is 0 Å².